The molecule has 0 aromatic rings. The van der Waals surface area contributed by atoms with Crippen molar-refractivity contribution < 1.29 is 24.5 Å². The summed E-state index contributed by atoms with van der Waals surface area (Å²) >= 11 is 0. The molecule has 0 aromatic heterocycles. The van der Waals surface area contributed by atoms with Crippen LogP contribution < -0.4 is 0 Å². The van der Waals surface area contributed by atoms with Gasteiger partial charge in [0, 0.05) is 30.8 Å². The average Bonchev–Trinajstić information content (AvgIpc) is 2.47. The van der Waals surface area contributed by atoms with Crippen LogP contribution in [0.4, 0.5) is 0 Å². The highest BCUT2D eigenvalue weighted by Crippen LogP contribution is 2.22. The molecule has 0 bridgehead atoms. The normalized spacial score (nSPS) is 18.6. The van der Waals surface area contributed by atoms with Gasteiger partial charge in [0.2, 0.25) is 0 Å². The van der Waals surface area contributed by atoms with Crippen LogP contribution in [0.1, 0.15) is 39.5 Å². The van der Waals surface area contributed by atoms with Gasteiger partial charge in [-0.05, 0) is 18.8 Å². The fourth-order valence-corrected chi connectivity index (χ4v) is 2.76. The fourth-order valence-electron chi connectivity index (χ4n) is 2.76. The summed E-state index contributed by atoms with van der Waals surface area (Å²) in [5.74, 6) is -2.05. The van der Waals surface area contributed by atoms with Gasteiger partial charge in [-0.3, -0.25) is 4.90 Å². The molecule has 126 valence electrons. The molecule has 0 amide bonds. The second kappa shape index (κ2) is 9.58. The number of carboxylic acid groups (broad SMARTS) is 2. The lowest BCUT2D eigenvalue weighted by molar-refractivity contribution is -0.136. The van der Waals surface area contributed by atoms with E-state index < -0.39 is 11.9 Å². The topological polar surface area (TPSA) is 87.1 Å². The Hall–Kier alpha value is -1.40. The smallest absolute Gasteiger partial charge is 0.332 e. The third-order valence-electron chi connectivity index (χ3n) is 4.00. The SMILES string of the molecule is CCCC(C)CC(C(=O)O)=C(CCN1CCOCC1)C(=O)O. The Balaban J connectivity index is 2.80. The molecule has 6 heteroatoms. The molecular weight excluding hydrogens is 286 g/mol. The number of carboxylic acids is 2. The molecule has 2 N–H and O–H groups in total. The third-order valence-corrected chi connectivity index (χ3v) is 4.00. The molecule has 1 aliphatic rings. The van der Waals surface area contributed by atoms with Gasteiger partial charge in [-0.15, -0.1) is 0 Å². The van der Waals surface area contributed by atoms with Gasteiger partial charge < -0.3 is 14.9 Å². The average molecular weight is 313 g/mol. The molecule has 1 rings (SSSR count). The zero-order chi connectivity index (χ0) is 16.5. The van der Waals surface area contributed by atoms with E-state index in [0.29, 0.717) is 26.2 Å². The van der Waals surface area contributed by atoms with E-state index in [1.807, 2.05) is 13.8 Å². The molecule has 0 aromatic carbocycles. The monoisotopic (exact) mass is 313 g/mol. The first-order valence-corrected chi connectivity index (χ1v) is 7.94. The van der Waals surface area contributed by atoms with E-state index >= 15 is 0 Å². The molecule has 6 nitrogen and oxygen atoms in total. The summed E-state index contributed by atoms with van der Waals surface area (Å²) in [6.07, 6.45) is 2.43. The maximum Gasteiger partial charge on any atom is 0.332 e. The van der Waals surface area contributed by atoms with E-state index in [9.17, 15) is 19.8 Å². The lowest BCUT2D eigenvalue weighted by atomic mass is 9.92. The maximum absolute atomic E-state index is 11.5. The Kier molecular flexibility index (Phi) is 8.12. The Labute approximate surface area is 131 Å². The van der Waals surface area contributed by atoms with Crippen molar-refractivity contribution in [3.05, 3.63) is 11.1 Å². The Morgan fingerprint density at radius 1 is 1.14 bits per heavy atom. The highest BCUT2D eigenvalue weighted by Gasteiger charge is 2.23. The van der Waals surface area contributed by atoms with Crippen molar-refractivity contribution >= 4 is 11.9 Å². The van der Waals surface area contributed by atoms with Crippen molar-refractivity contribution in [1.82, 2.24) is 4.90 Å². The van der Waals surface area contributed by atoms with Gasteiger partial charge in [-0.1, -0.05) is 26.7 Å². The minimum atomic E-state index is -1.12. The summed E-state index contributed by atoms with van der Waals surface area (Å²) in [6.45, 7) is 7.38. The highest BCUT2D eigenvalue weighted by molar-refractivity contribution is 5.98. The summed E-state index contributed by atoms with van der Waals surface area (Å²) in [5, 5.41) is 18.8. The molecule has 0 saturated carbocycles. The van der Waals surface area contributed by atoms with E-state index in [2.05, 4.69) is 4.90 Å². The van der Waals surface area contributed by atoms with Gasteiger partial charge in [-0.2, -0.15) is 0 Å². The molecule has 1 saturated heterocycles. The summed E-state index contributed by atoms with van der Waals surface area (Å²) in [7, 11) is 0. The number of aliphatic carboxylic acids is 2. The van der Waals surface area contributed by atoms with Gasteiger partial charge >= 0.3 is 11.9 Å². The van der Waals surface area contributed by atoms with Crippen LogP contribution in [0.5, 0.6) is 0 Å². The van der Waals surface area contributed by atoms with Crippen molar-refractivity contribution in [2.45, 2.75) is 39.5 Å². The second-order valence-corrected chi connectivity index (χ2v) is 5.87. The Morgan fingerprint density at radius 2 is 1.73 bits per heavy atom. The van der Waals surface area contributed by atoms with Crippen LogP contribution in [-0.4, -0.2) is 59.9 Å². The number of carbonyl (C=O) groups is 2. The van der Waals surface area contributed by atoms with Crippen LogP contribution in [0.2, 0.25) is 0 Å². The zero-order valence-electron chi connectivity index (χ0n) is 13.5. The predicted molar refractivity (Wildman–Crippen MR) is 82.9 cm³/mol. The van der Waals surface area contributed by atoms with E-state index in [0.717, 1.165) is 25.9 Å². The largest absolute Gasteiger partial charge is 0.478 e. The molecule has 1 unspecified atom stereocenters. The fraction of sp³-hybridized carbons (Fsp3) is 0.750. The first-order chi connectivity index (χ1) is 10.5. The van der Waals surface area contributed by atoms with Gasteiger partial charge in [0.05, 0.1) is 13.2 Å². The first-order valence-electron chi connectivity index (χ1n) is 7.94. The number of rotatable bonds is 9. The van der Waals surface area contributed by atoms with Crippen LogP contribution >= 0.6 is 0 Å². The molecule has 0 spiro atoms. The lowest BCUT2D eigenvalue weighted by Crippen LogP contribution is -2.37. The molecule has 0 aliphatic carbocycles. The van der Waals surface area contributed by atoms with Gasteiger partial charge in [-0.25, -0.2) is 9.59 Å². The summed E-state index contributed by atoms with van der Waals surface area (Å²) in [6, 6.07) is 0. The van der Waals surface area contributed by atoms with Gasteiger partial charge in [0.25, 0.3) is 0 Å². The minimum Gasteiger partial charge on any atom is -0.478 e. The molecule has 0 radical (unpaired) electrons. The second-order valence-electron chi connectivity index (χ2n) is 5.87. The Morgan fingerprint density at radius 3 is 2.23 bits per heavy atom. The van der Waals surface area contributed by atoms with Crippen molar-refractivity contribution in [2.24, 2.45) is 5.92 Å². The van der Waals surface area contributed by atoms with Crippen molar-refractivity contribution in [1.29, 1.82) is 0 Å². The first kappa shape index (κ1) is 18.6. The molecule has 22 heavy (non-hydrogen) atoms. The van der Waals surface area contributed by atoms with Crippen LogP contribution in [0.3, 0.4) is 0 Å². The summed E-state index contributed by atoms with van der Waals surface area (Å²) in [5.41, 5.74) is 0.101. The highest BCUT2D eigenvalue weighted by atomic mass is 16.5. The van der Waals surface area contributed by atoms with E-state index in [4.69, 9.17) is 4.74 Å². The Bertz CT molecular complexity index is 413. The number of hydrogen-bond donors (Lipinski definition) is 2. The molecule has 1 fully saturated rings. The molecular formula is C16H27NO5. The number of nitrogens with zero attached hydrogens (tertiary/aromatic N) is 1. The number of ether oxygens (including phenoxy) is 1. The number of hydrogen-bond acceptors (Lipinski definition) is 4. The van der Waals surface area contributed by atoms with Crippen molar-refractivity contribution in [2.75, 3.05) is 32.8 Å². The maximum atomic E-state index is 11.5. The quantitative estimate of drug-likeness (QED) is 0.633. The van der Waals surface area contributed by atoms with Crippen LogP contribution in [0.25, 0.3) is 0 Å². The van der Waals surface area contributed by atoms with Crippen LogP contribution in [-0.2, 0) is 14.3 Å². The standard InChI is InChI=1S/C16H27NO5/c1-3-4-12(2)11-14(16(20)21)13(15(18)19)5-6-17-7-9-22-10-8-17/h12H,3-11H2,1-2H3,(H,18,19)(H,20,21). The number of morpholine rings is 1. The van der Waals surface area contributed by atoms with Crippen molar-refractivity contribution in [3.8, 4) is 0 Å². The zero-order valence-corrected chi connectivity index (χ0v) is 13.5. The summed E-state index contributed by atoms with van der Waals surface area (Å²) in [4.78, 5) is 25.1. The predicted octanol–water partition coefficient (Wildman–Crippen LogP) is 2.00. The third kappa shape index (κ3) is 6.15. The van der Waals surface area contributed by atoms with E-state index in [-0.39, 0.29) is 23.5 Å². The summed E-state index contributed by atoms with van der Waals surface area (Å²) < 4.78 is 5.26. The molecule has 1 atom stereocenters. The van der Waals surface area contributed by atoms with Crippen LogP contribution in [0, 0.1) is 5.92 Å². The van der Waals surface area contributed by atoms with E-state index in [1.54, 1.807) is 0 Å². The van der Waals surface area contributed by atoms with Gasteiger partial charge in [0.15, 0.2) is 0 Å². The minimum absolute atomic E-state index is 0.0435. The van der Waals surface area contributed by atoms with Crippen molar-refractivity contribution in [3.63, 3.8) is 0 Å². The van der Waals surface area contributed by atoms with E-state index in [1.165, 1.54) is 0 Å². The van der Waals surface area contributed by atoms with Crippen LogP contribution in [0.15, 0.2) is 11.1 Å². The molecule has 1 aliphatic heterocycles. The molecule has 1 heterocycles. The lowest BCUT2D eigenvalue weighted by Gasteiger charge is -2.26. The van der Waals surface area contributed by atoms with Gasteiger partial charge in [0.1, 0.15) is 0 Å².